The van der Waals surface area contributed by atoms with Crippen LogP contribution in [-0.2, 0) is 5.41 Å². The van der Waals surface area contributed by atoms with Gasteiger partial charge in [0.15, 0.2) is 0 Å². The lowest BCUT2D eigenvalue weighted by atomic mass is 9.86. The average Bonchev–Trinajstić information content (AvgIpc) is 2.48. The number of aromatic carboxylic acids is 1. The summed E-state index contributed by atoms with van der Waals surface area (Å²) in [5.41, 5.74) is 0.165. The van der Waals surface area contributed by atoms with Crippen LogP contribution < -0.4 is 4.74 Å². The summed E-state index contributed by atoms with van der Waals surface area (Å²) in [6.45, 7) is 5.77. The summed E-state index contributed by atoms with van der Waals surface area (Å²) in [6, 6.07) is 10.3. The Morgan fingerprint density at radius 1 is 1.00 bits per heavy atom. The first-order chi connectivity index (χ1) is 10.7. The third-order valence-corrected chi connectivity index (χ3v) is 3.36. The van der Waals surface area contributed by atoms with E-state index in [2.05, 4.69) is 0 Å². The van der Waals surface area contributed by atoms with Gasteiger partial charge in [-0.15, -0.1) is 0 Å². The minimum atomic E-state index is -1.20. The first-order valence-corrected chi connectivity index (χ1v) is 7.08. The smallest absolute Gasteiger partial charge is 0.344 e. The van der Waals surface area contributed by atoms with E-state index < -0.39 is 11.9 Å². The van der Waals surface area contributed by atoms with Crippen LogP contribution in [0, 0.1) is 0 Å². The van der Waals surface area contributed by atoms with Crippen LogP contribution in [0.4, 0.5) is 0 Å². The summed E-state index contributed by atoms with van der Waals surface area (Å²) in [6.07, 6.45) is 0. The molecule has 0 unspecified atom stereocenters. The number of phenolic OH excluding ortho intramolecular Hbond substituents is 1. The van der Waals surface area contributed by atoms with Crippen molar-refractivity contribution in [3.8, 4) is 11.5 Å². The molecule has 0 fully saturated rings. The number of hydrogen-bond donors (Lipinski definition) is 2. The quantitative estimate of drug-likeness (QED) is 0.668. The number of carboxylic acid groups (broad SMARTS) is 1. The summed E-state index contributed by atoms with van der Waals surface area (Å²) in [5.74, 6) is -1.59. The van der Waals surface area contributed by atoms with Crippen molar-refractivity contribution in [2.75, 3.05) is 0 Å². The zero-order chi connectivity index (χ0) is 17.2. The molecular weight excluding hydrogens is 296 g/mol. The second kappa shape index (κ2) is 6.12. The second-order valence-corrected chi connectivity index (χ2v) is 6.17. The normalized spacial score (nSPS) is 11.1. The molecule has 0 bridgehead atoms. The van der Waals surface area contributed by atoms with Crippen LogP contribution in [0.1, 0.15) is 47.1 Å². The van der Waals surface area contributed by atoms with Crippen LogP contribution in [0.15, 0.2) is 42.5 Å². The number of hydrogen-bond acceptors (Lipinski definition) is 4. The summed E-state index contributed by atoms with van der Waals surface area (Å²) in [5, 5.41) is 19.0. The van der Waals surface area contributed by atoms with Crippen molar-refractivity contribution in [2.45, 2.75) is 26.2 Å². The lowest BCUT2D eigenvalue weighted by Gasteiger charge is -2.21. The van der Waals surface area contributed by atoms with Crippen molar-refractivity contribution < 1.29 is 24.5 Å². The van der Waals surface area contributed by atoms with Gasteiger partial charge in [0.25, 0.3) is 0 Å². The number of carbonyl (C=O) groups excluding carboxylic acids is 1. The Labute approximate surface area is 134 Å². The lowest BCUT2D eigenvalue weighted by Crippen LogP contribution is -2.15. The number of carboxylic acids is 1. The first-order valence-electron chi connectivity index (χ1n) is 7.08. The van der Waals surface area contributed by atoms with Crippen molar-refractivity contribution in [3.05, 3.63) is 59.2 Å². The van der Waals surface area contributed by atoms with Gasteiger partial charge < -0.3 is 14.9 Å². The summed E-state index contributed by atoms with van der Waals surface area (Å²) in [4.78, 5) is 23.4. The zero-order valence-electron chi connectivity index (χ0n) is 13.2. The second-order valence-electron chi connectivity index (χ2n) is 6.17. The zero-order valence-corrected chi connectivity index (χ0v) is 13.2. The van der Waals surface area contributed by atoms with Crippen molar-refractivity contribution >= 4 is 11.9 Å². The van der Waals surface area contributed by atoms with E-state index in [4.69, 9.17) is 9.84 Å². The van der Waals surface area contributed by atoms with Gasteiger partial charge in [-0.2, -0.15) is 0 Å². The third-order valence-electron chi connectivity index (χ3n) is 3.36. The molecule has 0 saturated carbocycles. The standard InChI is InChI=1S/C18H18O5/c1-18(2,3)14-10-11(8-9-15(14)19)23-17(22)13-7-5-4-6-12(13)16(20)21/h4-10,19H,1-3H3,(H,20,21). The highest BCUT2D eigenvalue weighted by molar-refractivity contribution is 6.03. The fourth-order valence-electron chi connectivity index (χ4n) is 2.19. The molecular formula is C18H18O5. The van der Waals surface area contributed by atoms with E-state index >= 15 is 0 Å². The van der Waals surface area contributed by atoms with Crippen LogP contribution in [0.25, 0.3) is 0 Å². The highest BCUT2D eigenvalue weighted by atomic mass is 16.5. The van der Waals surface area contributed by atoms with E-state index in [0.717, 1.165) is 0 Å². The Bertz CT molecular complexity index is 756. The van der Waals surface area contributed by atoms with Crippen LogP contribution in [0.3, 0.4) is 0 Å². The van der Waals surface area contributed by atoms with Crippen molar-refractivity contribution in [3.63, 3.8) is 0 Å². The molecule has 2 aromatic carbocycles. The summed E-state index contributed by atoms with van der Waals surface area (Å²) < 4.78 is 5.27. The highest BCUT2D eigenvalue weighted by Gasteiger charge is 2.21. The maximum atomic E-state index is 12.2. The maximum absolute atomic E-state index is 12.2. The van der Waals surface area contributed by atoms with Gasteiger partial charge in [0.2, 0.25) is 0 Å². The largest absolute Gasteiger partial charge is 0.508 e. The first kappa shape index (κ1) is 16.5. The molecule has 0 amide bonds. The summed E-state index contributed by atoms with van der Waals surface area (Å²) >= 11 is 0. The Morgan fingerprint density at radius 2 is 1.61 bits per heavy atom. The molecule has 5 heteroatoms. The van der Waals surface area contributed by atoms with Gasteiger partial charge in [0.05, 0.1) is 11.1 Å². The minimum absolute atomic E-state index is 0.0228. The molecule has 5 nitrogen and oxygen atoms in total. The van der Waals surface area contributed by atoms with Gasteiger partial charge >= 0.3 is 11.9 Å². The van der Waals surface area contributed by atoms with Crippen molar-refractivity contribution in [2.24, 2.45) is 0 Å². The molecule has 2 aromatic rings. The Kier molecular flexibility index (Phi) is 4.40. The van der Waals surface area contributed by atoms with Gasteiger partial charge in [0.1, 0.15) is 11.5 Å². The van der Waals surface area contributed by atoms with Gasteiger partial charge in [-0.25, -0.2) is 9.59 Å². The fraction of sp³-hybridized carbons (Fsp3) is 0.222. The Morgan fingerprint density at radius 3 is 2.17 bits per heavy atom. The fourth-order valence-corrected chi connectivity index (χ4v) is 2.19. The molecule has 0 saturated heterocycles. The van der Waals surface area contributed by atoms with E-state index in [1.165, 1.54) is 24.3 Å². The van der Waals surface area contributed by atoms with E-state index in [1.807, 2.05) is 20.8 Å². The van der Waals surface area contributed by atoms with Crippen LogP contribution in [-0.4, -0.2) is 22.2 Å². The average molecular weight is 314 g/mol. The van der Waals surface area contributed by atoms with Crippen molar-refractivity contribution in [1.29, 1.82) is 0 Å². The molecule has 0 aliphatic carbocycles. The molecule has 0 aromatic heterocycles. The minimum Gasteiger partial charge on any atom is -0.508 e. The molecule has 0 spiro atoms. The number of ether oxygens (including phenoxy) is 1. The SMILES string of the molecule is CC(C)(C)c1cc(OC(=O)c2ccccc2C(=O)O)ccc1O. The van der Waals surface area contributed by atoms with Crippen LogP contribution in [0.5, 0.6) is 11.5 Å². The van der Waals surface area contributed by atoms with E-state index in [9.17, 15) is 14.7 Å². The van der Waals surface area contributed by atoms with Gasteiger partial charge in [-0.3, -0.25) is 0 Å². The maximum Gasteiger partial charge on any atom is 0.344 e. The Hall–Kier alpha value is -2.82. The highest BCUT2D eigenvalue weighted by Crippen LogP contribution is 2.33. The number of benzene rings is 2. The molecule has 0 aliphatic heterocycles. The Balaban J connectivity index is 2.34. The molecule has 120 valence electrons. The number of phenols is 1. The van der Waals surface area contributed by atoms with Crippen LogP contribution >= 0.6 is 0 Å². The molecule has 23 heavy (non-hydrogen) atoms. The molecule has 2 N–H and O–H groups in total. The van der Waals surface area contributed by atoms with Gasteiger partial charge in [-0.1, -0.05) is 32.9 Å². The monoisotopic (exact) mass is 314 g/mol. The predicted molar refractivity (Wildman–Crippen MR) is 85.2 cm³/mol. The van der Waals surface area contributed by atoms with E-state index in [1.54, 1.807) is 18.2 Å². The lowest BCUT2D eigenvalue weighted by molar-refractivity contribution is 0.0668. The number of esters is 1. The summed E-state index contributed by atoms with van der Waals surface area (Å²) in [7, 11) is 0. The van der Waals surface area contributed by atoms with Gasteiger partial charge in [-0.05, 0) is 35.7 Å². The number of carbonyl (C=O) groups is 2. The molecule has 0 radical (unpaired) electrons. The predicted octanol–water partition coefficient (Wildman–Crippen LogP) is 3.61. The molecule has 2 rings (SSSR count). The molecule has 0 atom stereocenters. The third kappa shape index (κ3) is 3.69. The van der Waals surface area contributed by atoms with E-state index in [0.29, 0.717) is 5.56 Å². The molecule has 0 aliphatic rings. The molecule has 0 heterocycles. The topological polar surface area (TPSA) is 83.8 Å². The number of aromatic hydroxyl groups is 1. The van der Waals surface area contributed by atoms with E-state index in [-0.39, 0.29) is 28.0 Å². The number of rotatable bonds is 3. The van der Waals surface area contributed by atoms with Crippen LogP contribution in [0.2, 0.25) is 0 Å². The van der Waals surface area contributed by atoms with Crippen molar-refractivity contribution in [1.82, 2.24) is 0 Å². The van der Waals surface area contributed by atoms with Gasteiger partial charge in [0, 0.05) is 5.56 Å².